The zero-order valence-corrected chi connectivity index (χ0v) is 11.6. The number of hydrogen-bond acceptors (Lipinski definition) is 2. The first-order valence-corrected chi connectivity index (χ1v) is 7.22. The number of nitrogen functional groups attached to an aromatic ring is 1. The molecule has 1 aliphatic carbocycles. The molecule has 0 radical (unpaired) electrons. The van der Waals surface area contributed by atoms with Crippen molar-refractivity contribution in [3.05, 3.63) is 59.7 Å². The Bertz CT molecular complexity index is 818. The highest BCUT2D eigenvalue weighted by molar-refractivity contribution is 5.76. The molecule has 2 N–H and O–H groups in total. The Kier molecular flexibility index (Phi) is 2.70. The molecular weight excluding hydrogens is 265 g/mol. The molecule has 0 unspecified atom stereocenters. The highest BCUT2D eigenvalue weighted by Crippen LogP contribution is 2.39. The van der Waals surface area contributed by atoms with Crippen molar-refractivity contribution in [2.75, 3.05) is 5.73 Å². The molecule has 21 heavy (non-hydrogen) atoms. The van der Waals surface area contributed by atoms with Gasteiger partial charge in [-0.25, -0.2) is 9.37 Å². The van der Waals surface area contributed by atoms with E-state index in [9.17, 15) is 4.39 Å². The number of nitrogens with two attached hydrogens (primary N) is 1. The zero-order valence-electron chi connectivity index (χ0n) is 11.6. The van der Waals surface area contributed by atoms with E-state index in [1.165, 1.54) is 6.07 Å². The van der Waals surface area contributed by atoms with E-state index in [0.717, 1.165) is 41.0 Å². The van der Waals surface area contributed by atoms with Crippen molar-refractivity contribution in [3.63, 3.8) is 0 Å². The van der Waals surface area contributed by atoms with E-state index in [1.807, 2.05) is 24.3 Å². The number of imidazole rings is 1. The minimum Gasteiger partial charge on any atom is -0.398 e. The normalized spacial score (nSPS) is 14.7. The van der Waals surface area contributed by atoms with E-state index in [0.29, 0.717) is 12.5 Å². The van der Waals surface area contributed by atoms with Gasteiger partial charge in [-0.1, -0.05) is 18.2 Å². The molecule has 0 spiro atoms. The van der Waals surface area contributed by atoms with Crippen molar-refractivity contribution >= 4 is 16.7 Å². The van der Waals surface area contributed by atoms with E-state index in [-0.39, 0.29) is 5.82 Å². The van der Waals surface area contributed by atoms with Crippen LogP contribution in [0, 0.1) is 5.82 Å². The molecule has 2 aromatic carbocycles. The molecule has 0 atom stereocenters. The number of nitrogens with zero attached hydrogens (tertiary/aromatic N) is 2. The second-order valence-electron chi connectivity index (χ2n) is 5.64. The fourth-order valence-electron chi connectivity index (χ4n) is 2.85. The molecule has 4 rings (SSSR count). The summed E-state index contributed by atoms with van der Waals surface area (Å²) in [6, 6.07) is 13.1. The number of para-hydroxylation sites is 1. The predicted octanol–water partition coefficient (Wildman–Crippen LogP) is 3.68. The third kappa shape index (κ3) is 2.17. The molecule has 4 heteroatoms. The number of hydrogen-bond donors (Lipinski definition) is 1. The number of rotatable bonds is 3. The Morgan fingerprint density at radius 1 is 1.19 bits per heavy atom. The van der Waals surface area contributed by atoms with Crippen LogP contribution < -0.4 is 5.73 Å². The van der Waals surface area contributed by atoms with Crippen LogP contribution in [0.4, 0.5) is 10.1 Å². The van der Waals surface area contributed by atoms with Gasteiger partial charge >= 0.3 is 0 Å². The highest BCUT2D eigenvalue weighted by Gasteiger charge is 2.28. The van der Waals surface area contributed by atoms with Gasteiger partial charge < -0.3 is 10.3 Å². The zero-order chi connectivity index (χ0) is 14.4. The summed E-state index contributed by atoms with van der Waals surface area (Å²) in [5.41, 5.74) is 9.62. The molecule has 106 valence electrons. The summed E-state index contributed by atoms with van der Waals surface area (Å²) in [5, 5.41) is 0. The second kappa shape index (κ2) is 4.58. The third-order valence-electron chi connectivity index (χ3n) is 4.04. The van der Waals surface area contributed by atoms with Crippen molar-refractivity contribution in [1.82, 2.24) is 9.55 Å². The van der Waals surface area contributed by atoms with Crippen LogP contribution in [0.3, 0.4) is 0 Å². The maximum absolute atomic E-state index is 13.5. The first-order valence-electron chi connectivity index (χ1n) is 7.22. The van der Waals surface area contributed by atoms with Gasteiger partial charge in [-0.15, -0.1) is 0 Å². The summed E-state index contributed by atoms with van der Waals surface area (Å²) >= 11 is 0. The summed E-state index contributed by atoms with van der Waals surface area (Å²) in [5.74, 6) is 0.756. The van der Waals surface area contributed by atoms with Crippen molar-refractivity contribution in [3.8, 4) is 0 Å². The lowest BCUT2D eigenvalue weighted by Crippen LogP contribution is -2.04. The van der Waals surface area contributed by atoms with Crippen molar-refractivity contribution in [2.24, 2.45) is 0 Å². The molecule has 1 fully saturated rings. The average molecular weight is 281 g/mol. The third-order valence-corrected chi connectivity index (χ3v) is 4.04. The Balaban J connectivity index is 1.84. The highest BCUT2D eigenvalue weighted by atomic mass is 19.1. The number of halogens is 1. The van der Waals surface area contributed by atoms with Crippen LogP contribution >= 0.6 is 0 Å². The lowest BCUT2D eigenvalue weighted by atomic mass is 10.1. The van der Waals surface area contributed by atoms with Crippen LogP contribution in [0.1, 0.15) is 30.3 Å². The van der Waals surface area contributed by atoms with E-state index < -0.39 is 0 Å². The first-order chi connectivity index (χ1) is 10.2. The molecule has 1 aliphatic rings. The van der Waals surface area contributed by atoms with Gasteiger partial charge in [-0.3, -0.25) is 0 Å². The van der Waals surface area contributed by atoms with E-state index in [1.54, 1.807) is 12.1 Å². The van der Waals surface area contributed by atoms with Crippen molar-refractivity contribution < 1.29 is 4.39 Å². The SMILES string of the molecule is Nc1ccccc1Cc1nc2ccc(F)cc2n1C1CC1. The molecule has 1 aromatic heterocycles. The van der Waals surface area contributed by atoms with Crippen LogP contribution in [0.5, 0.6) is 0 Å². The maximum atomic E-state index is 13.5. The van der Waals surface area contributed by atoms with Gasteiger partial charge in [-0.2, -0.15) is 0 Å². The van der Waals surface area contributed by atoms with Crippen molar-refractivity contribution in [2.45, 2.75) is 25.3 Å². The number of aromatic nitrogens is 2. The Hall–Kier alpha value is -2.36. The minimum absolute atomic E-state index is 0.213. The smallest absolute Gasteiger partial charge is 0.125 e. The summed E-state index contributed by atoms with van der Waals surface area (Å²) in [7, 11) is 0. The maximum Gasteiger partial charge on any atom is 0.125 e. The summed E-state index contributed by atoms with van der Waals surface area (Å²) in [6.07, 6.45) is 2.96. The summed E-state index contributed by atoms with van der Waals surface area (Å²) in [6.45, 7) is 0. The second-order valence-corrected chi connectivity index (χ2v) is 5.64. The van der Waals surface area contributed by atoms with Gasteiger partial charge in [0.25, 0.3) is 0 Å². The van der Waals surface area contributed by atoms with Gasteiger partial charge in [-0.05, 0) is 42.7 Å². The lowest BCUT2D eigenvalue weighted by Gasteiger charge is -2.09. The van der Waals surface area contributed by atoms with Gasteiger partial charge in [0.1, 0.15) is 11.6 Å². The van der Waals surface area contributed by atoms with Gasteiger partial charge in [0.2, 0.25) is 0 Å². The minimum atomic E-state index is -0.213. The van der Waals surface area contributed by atoms with Gasteiger partial charge in [0.15, 0.2) is 0 Å². The van der Waals surface area contributed by atoms with Gasteiger partial charge in [0, 0.05) is 18.2 Å². The largest absolute Gasteiger partial charge is 0.398 e. The first kappa shape index (κ1) is 12.4. The van der Waals surface area contributed by atoms with Crippen LogP contribution in [0.15, 0.2) is 42.5 Å². The van der Waals surface area contributed by atoms with E-state index in [2.05, 4.69) is 4.57 Å². The fourth-order valence-corrected chi connectivity index (χ4v) is 2.85. The molecule has 3 nitrogen and oxygen atoms in total. The standard InChI is InChI=1S/C17H16FN3/c18-12-5-8-15-16(10-12)21(13-6-7-13)17(20-15)9-11-3-1-2-4-14(11)19/h1-5,8,10,13H,6-7,9,19H2. The molecular formula is C17H16FN3. The Labute approximate surface area is 122 Å². The number of benzene rings is 2. The molecule has 1 heterocycles. The Morgan fingerprint density at radius 2 is 2.00 bits per heavy atom. The molecule has 0 amide bonds. The molecule has 1 saturated carbocycles. The summed E-state index contributed by atoms with van der Waals surface area (Å²) in [4.78, 5) is 4.69. The quantitative estimate of drug-likeness (QED) is 0.744. The van der Waals surface area contributed by atoms with Crippen LogP contribution in [-0.4, -0.2) is 9.55 Å². The predicted molar refractivity (Wildman–Crippen MR) is 81.6 cm³/mol. The fraction of sp³-hybridized carbons (Fsp3) is 0.235. The molecule has 0 saturated heterocycles. The number of anilines is 1. The van der Waals surface area contributed by atoms with Crippen LogP contribution in [0.25, 0.3) is 11.0 Å². The Morgan fingerprint density at radius 3 is 2.76 bits per heavy atom. The van der Waals surface area contributed by atoms with E-state index in [4.69, 9.17) is 10.7 Å². The van der Waals surface area contributed by atoms with Gasteiger partial charge in [0.05, 0.1) is 11.0 Å². The molecule has 0 bridgehead atoms. The molecule has 0 aliphatic heterocycles. The van der Waals surface area contributed by atoms with Crippen LogP contribution in [0.2, 0.25) is 0 Å². The van der Waals surface area contributed by atoms with E-state index >= 15 is 0 Å². The summed E-state index contributed by atoms with van der Waals surface area (Å²) < 4.78 is 15.7. The number of fused-ring (bicyclic) bond motifs is 1. The van der Waals surface area contributed by atoms with Crippen LogP contribution in [-0.2, 0) is 6.42 Å². The lowest BCUT2D eigenvalue weighted by molar-refractivity contribution is 0.627. The molecule has 3 aromatic rings. The topological polar surface area (TPSA) is 43.8 Å². The monoisotopic (exact) mass is 281 g/mol. The average Bonchev–Trinajstić information content (AvgIpc) is 3.24. The van der Waals surface area contributed by atoms with Crippen molar-refractivity contribution in [1.29, 1.82) is 0 Å².